The first-order valence-corrected chi connectivity index (χ1v) is 5.34. The summed E-state index contributed by atoms with van der Waals surface area (Å²) in [6.45, 7) is 4.40. The lowest BCUT2D eigenvalue weighted by Crippen LogP contribution is -2.23. The Morgan fingerprint density at radius 2 is 1.93 bits per heavy atom. The highest BCUT2D eigenvalue weighted by molar-refractivity contribution is 4.55. The summed E-state index contributed by atoms with van der Waals surface area (Å²) in [5, 5.41) is 3.18. The normalized spacial score (nSPS) is 14.2. The molecule has 0 aliphatic heterocycles. The number of hydrogen-bond donors (Lipinski definition) is 1. The Balaban J connectivity index is 3.30. The smallest absolute Gasteiger partial charge is 0.369 e. The van der Waals surface area contributed by atoms with Crippen LogP contribution in [0.1, 0.15) is 33.1 Å². The Bertz CT molecular complexity index is 150. The highest BCUT2D eigenvalue weighted by Crippen LogP contribution is 2.16. The fourth-order valence-corrected chi connectivity index (χ4v) is 1.14. The molecule has 1 unspecified atom stereocenters. The molecule has 0 aliphatic rings. The molecule has 0 heterocycles. The number of nitrogens with one attached hydrogen (secondary N) is 1. The van der Waals surface area contributed by atoms with Crippen molar-refractivity contribution in [1.82, 2.24) is 5.32 Å². The molecule has 1 atom stereocenters. The average molecular weight is 227 g/mol. The molecule has 0 rings (SSSR count). The Hall–Kier alpha value is -0.290. The van der Waals surface area contributed by atoms with Crippen LogP contribution >= 0.6 is 0 Å². The minimum Gasteiger partial charge on any atom is -0.369 e. The molecule has 0 radical (unpaired) electrons. The standard InChI is InChI=1S/C10H20F3NO/c1-3-6-14-7-4-5-9(2)15-8-10(11,12)13/h9,14H,3-8H2,1-2H3. The summed E-state index contributed by atoms with van der Waals surface area (Å²) in [5.74, 6) is 0. The van der Waals surface area contributed by atoms with Gasteiger partial charge in [0.2, 0.25) is 0 Å². The van der Waals surface area contributed by atoms with Crippen LogP contribution in [0.2, 0.25) is 0 Å². The van der Waals surface area contributed by atoms with E-state index in [9.17, 15) is 13.2 Å². The first-order chi connectivity index (χ1) is 6.95. The van der Waals surface area contributed by atoms with Crippen molar-refractivity contribution >= 4 is 0 Å². The lowest BCUT2D eigenvalue weighted by molar-refractivity contribution is -0.184. The second-order valence-corrected chi connectivity index (χ2v) is 3.63. The summed E-state index contributed by atoms with van der Waals surface area (Å²) < 4.78 is 40.0. The van der Waals surface area contributed by atoms with E-state index in [4.69, 9.17) is 0 Å². The van der Waals surface area contributed by atoms with Gasteiger partial charge in [-0.05, 0) is 39.3 Å². The van der Waals surface area contributed by atoms with Crippen molar-refractivity contribution in [3.63, 3.8) is 0 Å². The van der Waals surface area contributed by atoms with Crippen molar-refractivity contribution in [2.45, 2.75) is 45.4 Å². The van der Waals surface area contributed by atoms with Gasteiger partial charge in [0, 0.05) is 0 Å². The third-order valence-corrected chi connectivity index (χ3v) is 1.92. The zero-order valence-corrected chi connectivity index (χ0v) is 9.36. The van der Waals surface area contributed by atoms with Crippen molar-refractivity contribution in [1.29, 1.82) is 0 Å². The van der Waals surface area contributed by atoms with E-state index < -0.39 is 12.8 Å². The van der Waals surface area contributed by atoms with Crippen molar-refractivity contribution < 1.29 is 17.9 Å². The van der Waals surface area contributed by atoms with E-state index in [1.807, 2.05) is 0 Å². The SMILES string of the molecule is CCCNCCCC(C)OCC(F)(F)F. The average Bonchev–Trinajstić information content (AvgIpc) is 2.13. The first-order valence-electron chi connectivity index (χ1n) is 5.34. The lowest BCUT2D eigenvalue weighted by atomic mass is 10.2. The number of alkyl halides is 3. The van der Waals surface area contributed by atoms with Crippen LogP contribution in [0, 0.1) is 0 Å². The predicted molar refractivity (Wildman–Crippen MR) is 53.9 cm³/mol. The Morgan fingerprint density at radius 1 is 1.27 bits per heavy atom. The minimum absolute atomic E-state index is 0.324. The molecule has 92 valence electrons. The van der Waals surface area contributed by atoms with Gasteiger partial charge in [0.05, 0.1) is 6.10 Å². The van der Waals surface area contributed by atoms with Crippen LogP contribution in [0.3, 0.4) is 0 Å². The Morgan fingerprint density at radius 3 is 2.47 bits per heavy atom. The molecule has 0 saturated heterocycles. The first kappa shape index (κ1) is 14.7. The van der Waals surface area contributed by atoms with Crippen LogP contribution in [-0.4, -0.2) is 32.0 Å². The molecule has 0 bridgehead atoms. The van der Waals surface area contributed by atoms with Gasteiger partial charge < -0.3 is 10.1 Å². The maximum absolute atomic E-state index is 11.8. The summed E-state index contributed by atoms with van der Waals surface area (Å²) in [6.07, 6.45) is -1.96. The number of ether oxygens (including phenoxy) is 1. The summed E-state index contributed by atoms with van der Waals surface area (Å²) in [6, 6.07) is 0. The van der Waals surface area contributed by atoms with Crippen LogP contribution in [0.5, 0.6) is 0 Å². The zero-order chi connectivity index (χ0) is 11.7. The van der Waals surface area contributed by atoms with Crippen LogP contribution in [0.15, 0.2) is 0 Å². The number of halogens is 3. The fourth-order valence-electron chi connectivity index (χ4n) is 1.14. The van der Waals surface area contributed by atoms with Crippen LogP contribution in [0.25, 0.3) is 0 Å². The molecule has 0 spiro atoms. The van der Waals surface area contributed by atoms with E-state index in [1.165, 1.54) is 0 Å². The molecule has 0 aromatic rings. The quantitative estimate of drug-likeness (QED) is 0.644. The monoisotopic (exact) mass is 227 g/mol. The van der Waals surface area contributed by atoms with Gasteiger partial charge in [-0.2, -0.15) is 13.2 Å². The van der Waals surface area contributed by atoms with Gasteiger partial charge >= 0.3 is 6.18 Å². The highest BCUT2D eigenvalue weighted by atomic mass is 19.4. The Kier molecular flexibility index (Phi) is 7.78. The van der Waals surface area contributed by atoms with E-state index in [1.54, 1.807) is 6.92 Å². The molecule has 15 heavy (non-hydrogen) atoms. The summed E-state index contributed by atoms with van der Waals surface area (Å²) in [7, 11) is 0. The molecule has 0 amide bonds. The Labute approximate surface area is 89.2 Å². The van der Waals surface area contributed by atoms with E-state index in [-0.39, 0.29) is 6.10 Å². The van der Waals surface area contributed by atoms with Gasteiger partial charge in [-0.1, -0.05) is 6.92 Å². The predicted octanol–water partition coefficient (Wildman–Crippen LogP) is 2.73. The molecule has 0 aromatic heterocycles. The molecule has 0 aliphatic carbocycles. The molecule has 0 fully saturated rings. The van der Waals surface area contributed by atoms with Gasteiger partial charge in [0.1, 0.15) is 6.61 Å². The minimum atomic E-state index is -4.21. The molecule has 0 aromatic carbocycles. The summed E-state index contributed by atoms with van der Waals surface area (Å²) in [4.78, 5) is 0. The second-order valence-electron chi connectivity index (χ2n) is 3.63. The van der Waals surface area contributed by atoms with E-state index >= 15 is 0 Å². The van der Waals surface area contributed by atoms with Crippen LogP contribution in [0.4, 0.5) is 13.2 Å². The van der Waals surface area contributed by atoms with Crippen LogP contribution < -0.4 is 5.32 Å². The number of hydrogen-bond acceptors (Lipinski definition) is 2. The third-order valence-electron chi connectivity index (χ3n) is 1.92. The molecule has 1 N–H and O–H groups in total. The van der Waals surface area contributed by atoms with Crippen molar-refractivity contribution in [3.8, 4) is 0 Å². The van der Waals surface area contributed by atoms with Gasteiger partial charge in [-0.25, -0.2) is 0 Å². The highest BCUT2D eigenvalue weighted by Gasteiger charge is 2.28. The molecular weight excluding hydrogens is 207 g/mol. The largest absolute Gasteiger partial charge is 0.411 e. The van der Waals surface area contributed by atoms with Crippen LogP contribution in [-0.2, 0) is 4.74 Å². The second kappa shape index (κ2) is 7.93. The van der Waals surface area contributed by atoms with Crippen molar-refractivity contribution in [2.75, 3.05) is 19.7 Å². The maximum Gasteiger partial charge on any atom is 0.411 e. The van der Waals surface area contributed by atoms with Crippen molar-refractivity contribution in [3.05, 3.63) is 0 Å². The number of rotatable bonds is 8. The maximum atomic E-state index is 11.8. The van der Waals surface area contributed by atoms with Gasteiger partial charge in [-0.15, -0.1) is 0 Å². The lowest BCUT2D eigenvalue weighted by Gasteiger charge is -2.14. The summed E-state index contributed by atoms with van der Waals surface area (Å²) in [5.41, 5.74) is 0. The van der Waals surface area contributed by atoms with Gasteiger partial charge in [0.15, 0.2) is 0 Å². The topological polar surface area (TPSA) is 21.3 Å². The third kappa shape index (κ3) is 11.6. The molecule has 5 heteroatoms. The van der Waals surface area contributed by atoms with Gasteiger partial charge in [0.25, 0.3) is 0 Å². The molecule has 0 saturated carbocycles. The van der Waals surface area contributed by atoms with E-state index in [2.05, 4.69) is 17.0 Å². The summed E-state index contributed by atoms with van der Waals surface area (Å²) >= 11 is 0. The fraction of sp³-hybridized carbons (Fsp3) is 1.00. The van der Waals surface area contributed by atoms with E-state index in [0.717, 1.165) is 25.9 Å². The van der Waals surface area contributed by atoms with Gasteiger partial charge in [-0.3, -0.25) is 0 Å². The van der Waals surface area contributed by atoms with E-state index in [0.29, 0.717) is 6.42 Å². The zero-order valence-electron chi connectivity index (χ0n) is 9.36. The molecular formula is C10H20F3NO. The molecule has 2 nitrogen and oxygen atoms in total. The van der Waals surface area contributed by atoms with Crippen molar-refractivity contribution in [2.24, 2.45) is 0 Å².